The first-order valence-electron chi connectivity index (χ1n) is 7.90. The number of aryl methyl sites for hydroxylation is 1. The summed E-state index contributed by atoms with van der Waals surface area (Å²) >= 11 is 0. The van der Waals surface area contributed by atoms with Gasteiger partial charge in [0.2, 0.25) is 0 Å². The lowest BCUT2D eigenvalue weighted by Gasteiger charge is -2.39. The fourth-order valence-electron chi connectivity index (χ4n) is 3.17. The normalized spacial score (nSPS) is 16.9. The summed E-state index contributed by atoms with van der Waals surface area (Å²) in [5, 5.41) is 3.14. The molecule has 1 amide bonds. The second kappa shape index (κ2) is 6.08. The molecule has 3 heteroatoms. The van der Waals surface area contributed by atoms with Crippen LogP contribution in [0.5, 0.6) is 0 Å². The smallest absolute Gasteiger partial charge is 0.255 e. The minimum absolute atomic E-state index is 0.159. The number of amides is 1. The molecule has 0 atom stereocenters. The number of nitrogens with one attached hydrogen (secondary N) is 1. The van der Waals surface area contributed by atoms with Crippen LogP contribution in [0.2, 0.25) is 0 Å². The fourth-order valence-corrected chi connectivity index (χ4v) is 3.17. The van der Waals surface area contributed by atoms with Gasteiger partial charge in [-0.25, -0.2) is 0 Å². The summed E-state index contributed by atoms with van der Waals surface area (Å²) in [4.78, 5) is 14.7. The monoisotopic (exact) mass is 288 g/mol. The molecule has 1 aliphatic rings. The Kier molecular flexibility index (Phi) is 4.60. The van der Waals surface area contributed by atoms with Crippen molar-refractivity contribution >= 4 is 11.6 Å². The van der Waals surface area contributed by atoms with Gasteiger partial charge in [0, 0.05) is 25.8 Å². The lowest BCUT2D eigenvalue weighted by molar-refractivity contribution is 0.0609. The number of piperidine rings is 1. The molecule has 3 nitrogen and oxygen atoms in total. The fraction of sp³-hybridized carbons (Fsp3) is 0.611. The van der Waals surface area contributed by atoms with Crippen molar-refractivity contribution in [3.05, 3.63) is 29.3 Å². The third kappa shape index (κ3) is 3.58. The molecule has 0 unspecified atom stereocenters. The molecule has 0 aromatic heterocycles. The quantitative estimate of drug-likeness (QED) is 0.894. The van der Waals surface area contributed by atoms with E-state index in [1.807, 2.05) is 37.1 Å². The average molecular weight is 288 g/mol. The molecule has 1 aliphatic heterocycles. The number of nitrogens with zero attached hydrogens (tertiary/aromatic N) is 1. The van der Waals surface area contributed by atoms with Gasteiger partial charge in [-0.3, -0.25) is 4.79 Å². The molecule has 1 saturated heterocycles. The largest absolute Gasteiger partial charge is 0.387 e. The lowest BCUT2D eigenvalue weighted by Crippen LogP contribution is -2.41. The van der Waals surface area contributed by atoms with Crippen molar-refractivity contribution in [2.45, 2.75) is 40.5 Å². The van der Waals surface area contributed by atoms with E-state index in [1.54, 1.807) is 0 Å². The van der Waals surface area contributed by atoms with Crippen molar-refractivity contribution in [2.24, 2.45) is 11.3 Å². The number of hydrogen-bond acceptors (Lipinski definition) is 2. The van der Waals surface area contributed by atoms with E-state index in [4.69, 9.17) is 0 Å². The summed E-state index contributed by atoms with van der Waals surface area (Å²) in [6, 6.07) is 5.99. The lowest BCUT2D eigenvalue weighted by atomic mass is 9.75. The Bertz CT molecular complexity index is 508. The molecule has 0 spiro atoms. The van der Waals surface area contributed by atoms with Crippen molar-refractivity contribution < 1.29 is 4.79 Å². The van der Waals surface area contributed by atoms with E-state index >= 15 is 0 Å². The molecule has 116 valence electrons. The molecule has 1 N–H and O–H groups in total. The van der Waals surface area contributed by atoms with Crippen LogP contribution in [0.4, 0.5) is 5.69 Å². The maximum atomic E-state index is 12.7. The van der Waals surface area contributed by atoms with E-state index in [2.05, 4.69) is 26.1 Å². The van der Waals surface area contributed by atoms with Gasteiger partial charge in [-0.05, 0) is 48.8 Å². The molecule has 1 fully saturated rings. The van der Waals surface area contributed by atoms with Gasteiger partial charge >= 0.3 is 0 Å². The highest BCUT2D eigenvalue weighted by Crippen LogP contribution is 2.34. The Labute approximate surface area is 128 Å². The van der Waals surface area contributed by atoms with E-state index in [0.717, 1.165) is 37.2 Å². The van der Waals surface area contributed by atoms with Gasteiger partial charge in [0.05, 0.1) is 5.56 Å². The van der Waals surface area contributed by atoms with E-state index in [0.29, 0.717) is 11.3 Å². The summed E-state index contributed by atoms with van der Waals surface area (Å²) in [5.74, 6) is 0.870. The topological polar surface area (TPSA) is 32.3 Å². The van der Waals surface area contributed by atoms with Gasteiger partial charge in [0.15, 0.2) is 0 Å². The van der Waals surface area contributed by atoms with Gasteiger partial charge in [0.25, 0.3) is 5.91 Å². The summed E-state index contributed by atoms with van der Waals surface area (Å²) < 4.78 is 0. The molecule has 0 saturated carbocycles. The van der Waals surface area contributed by atoms with Crippen LogP contribution >= 0.6 is 0 Å². The van der Waals surface area contributed by atoms with Crippen LogP contribution in [0.1, 0.15) is 49.5 Å². The summed E-state index contributed by atoms with van der Waals surface area (Å²) in [6.45, 7) is 10.7. The molecule has 2 rings (SSSR count). The summed E-state index contributed by atoms with van der Waals surface area (Å²) in [5.41, 5.74) is 3.23. The first kappa shape index (κ1) is 15.9. The van der Waals surface area contributed by atoms with Crippen molar-refractivity contribution in [3.8, 4) is 0 Å². The molecule has 21 heavy (non-hydrogen) atoms. The summed E-state index contributed by atoms with van der Waals surface area (Å²) in [6.07, 6.45) is 2.21. The Morgan fingerprint density at radius 1 is 1.24 bits per heavy atom. The van der Waals surface area contributed by atoms with Crippen LogP contribution in [-0.2, 0) is 0 Å². The Morgan fingerprint density at radius 3 is 2.38 bits per heavy atom. The van der Waals surface area contributed by atoms with Gasteiger partial charge < -0.3 is 10.2 Å². The molecular weight excluding hydrogens is 260 g/mol. The zero-order valence-corrected chi connectivity index (χ0v) is 14.0. The van der Waals surface area contributed by atoms with E-state index < -0.39 is 0 Å². The average Bonchev–Trinajstić information content (AvgIpc) is 2.45. The maximum Gasteiger partial charge on any atom is 0.255 e. The summed E-state index contributed by atoms with van der Waals surface area (Å²) in [7, 11) is 1.87. The van der Waals surface area contributed by atoms with Crippen LogP contribution in [-0.4, -0.2) is 30.9 Å². The number of benzene rings is 1. The van der Waals surface area contributed by atoms with Crippen molar-refractivity contribution in [1.29, 1.82) is 0 Å². The van der Waals surface area contributed by atoms with Crippen LogP contribution in [0.25, 0.3) is 0 Å². The highest BCUT2D eigenvalue weighted by atomic mass is 16.2. The minimum Gasteiger partial charge on any atom is -0.387 e. The third-order valence-corrected chi connectivity index (χ3v) is 4.68. The minimum atomic E-state index is 0.159. The van der Waals surface area contributed by atoms with E-state index in [-0.39, 0.29) is 5.91 Å². The molecular formula is C18H28N2O. The van der Waals surface area contributed by atoms with Crippen molar-refractivity contribution in [1.82, 2.24) is 4.90 Å². The van der Waals surface area contributed by atoms with Gasteiger partial charge in [-0.2, -0.15) is 0 Å². The molecule has 0 bridgehead atoms. The Hall–Kier alpha value is -1.51. The Balaban J connectivity index is 2.09. The maximum absolute atomic E-state index is 12.7. The molecule has 1 aromatic carbocycles. The zero-order chi connectivity index (χ0) is 15.6. The zero-order valence-electron chi connectivity index (χ0n) is 14.0. The van der Waals surface area contributed by atoms with E-state index in [9.17, 15) is 4.79 Å². The number of carbonyl (C=O) groups excluding carboxylic acids is 1. The number of rotatable bonds is 2. The Morgan fingerprint density at radius 2 is 1.86 bits per heavy atom. The van der Waals surface area contributed by atoms with Crippen LogP contribution < -0.4 is 5.32 Å². The van der Waals surface area contributed by atoms with Crippen molar-refractivity contribution in [3.63, 3.8) is 0 Å². The number of hydrogen-bond donors (Lipinski definition) is 1. The predicted octanol–water partition coefficient (Wildman–Crippen LogP) is 3.94. The third-order valence-electron chi connectivity index (χ3n) is 4.68. The highest BCUT2D eigenvalue weighted by molar-refractivity contribution is 5.99. The molecule has 1 heterocycles. The van der Waals surface area contributed by atoms with Gasteiger partial charge in [0.1, 0.15) is 0 Å². The van der Waals surface area contributed by atoms with Crippen LogP contribution in [0.3, 0.4) is 0 Å². The SMILES string of the molecule is CNc1cc(C)ccc1C(=O)N1CCC(C(C)(C)C)CC1. The second-order valence-electron chi connectivity index (χ2n) is 7.23. The first-order valence-corrected chi connectivity index (χ1v) is 7.90. The van der Waals surface area contributed by atoms with Crippen LogP contribution in [0.15, 0.2) is 18.2 Å². The second-order valence-corrected chi connectivity index (χ2v) is 7.23. The van der Waals surface area contributed by atoms with E-state index in [1.165, 1.54) is 5.56 Å². The number of likely N-dealkylation sites (tertiary alicyclic amines) is 1. The number of anilines is 1. The standard InChI is InChI=1S/C18H28N2O/c1-13-6-7-15(16(12-13)19-5)17(21)20-10-8-14(9-11-20)18(2,3)4/h6-7,12,14,19H,8-11H2,1-5H3. The molecule has 1 aromatic rings. The van der Waals surface area contributed by atoms with Gasteiger partial charge in [-0.1, -0.05) is 26.8 Å². The first-order chi connectivity index (χ1) is 9.82. The molecule has 0 radical (unpaired) electrons. The molecule has 0 aliphatic carbocycles. The van der Waals surface area contributed by atoms with Crippen molar-refractivity contribution in [2.75, 3.05) is 25.5 Å². The van der Waals surface area contributed by atoms with Crippen LogP contribution in [0, 0.1) is 18.3 Å². The highest BCUT2D eigenvalue weighted by Gasteiger charge is 2.31. The predicted molar refractivity (Wildman–Crippen MR) is 88.8 cm³/mol. The van der Waals surface area contributed by atoms with Gasteiger partial charge in [-0.15, -0.1) is 0 Å². The number of carbonyl (C=O) groups is 1.